The fraction of sp³-hybridized carbons (Fsp3) is 0.379. The van der Waals surface area contributed by atoms with Gasteiger partial charge in [-0.25, -0.2) is 8.42 Å². The van der Waals surface area contributed by atoms with Crippen molar-refractivity contribution >= 4 is 21.6 Å². The van der Waals surface area contributed by atoms with Gasteiger partial charge in [0.1, 0.15) is 11.9 Å². The van der Waals surface area contributed by atoms with Gasteiger partial charge in [0.2, 0.25) is 5.91 Å². The smallest absolute Gasteiger partial charge is 0.261 e. The number of nitrogens with zero attached hydrogens (tertiary/aromatic N) is 3. The molecule has 0 aliphatic carbocycles. The van der Waals surface area contributed by atoms with Crippen LogP contribution in [0.15, 0.2) is 78.0 Å². The minimum Gasteiger partial charge on any atom is -0.488 e. The van der Waals surface area contributed by atoms with E-state index in [1.54, 1.807) is 53.7 Å². The first-order valence-corrected chi connectivity index (χ1v) is 14.5. The number of ether oxygens (including phenoxy) is 1. The Balaban J connectivity index is 1.63. The maximum absolute atomic E-state index is 13.4. The molecule has 0 saturated heterocycles. The van der Waals surface area contributed by atoms with E-state index in [1.165, 1.54) is 12.1 Å². The Hall–Kier alpha value is -3.47. The van der Waals surface area contributed by atoms with Crippen molar-refractivity contribution in [1.82, 2.24) is 14.8 Å². The molecule has 0 fully saturated rings. The lowest BCUT2D eigenvalue weighted by Gasteiger charge is -2.34. The summed E-state index contributed by atoms with van der Waals surface area (Å²) >= 11 is 0. The highest BCUT2D eigenvalue weighted by molar-refractivity contribution is 7.92. The molecule has 1 aromatic heterocycles. The lowest BCUT2D eigenvalue weighted by atomic mass is 10.0. The maximum atomic E-state index is 13.4. The summed E-state index contributed by atoms with van der Waals surface area (Å²) in [6.45, 7) is 5.44. The topological polar surface area (TPSA) is 112 Å². The first kappa shape index (κ1) is 28.5. The van der Waals surface area contributed by atoms with Gasteiger partial charge in [0.05, 0.1) is 24.0 Å². The van der Waals surface area contributed by atoms with E-state index in [1.807, 2.05) is 33.0 Å². The molecular formula is C29H36N4O5S. The molecule has 9 nitrogen and oxygen atoms in total. The molecule has 1 aliphatic heterocycles. The number of anilines is 1. The molecule has 3 atom stereocenters. The Morgan fingerprint density at radius 1 is 1.15 bits per heavy atom. The van der Waals surface area contributed by atoms with Crippen molar-refractivity contribution in [1.29, 1.82) is 0 Å². The summed E-state index contributed by atoms with van der Waals surface area (Å²) in [6.07, 6.45) is 3.29. The van der Waals surface area contributed by atoms with Crippen LogP contribution in [0.2, 0.25) is 0 Å². The van der Waals surface area contributed by atoms with Crippen LogP contribution in [-0.2, 0) is 27.8 Å². The number of likely N-dealkylation sites (N-methyl/N-ethyl adjacent to an activating group) is 1. The third-order valence-corrected chi connectivity index (χ3v) is 8.31. The number of aliphatic hydroxyl groups is 1. The number of carbonyl (C=O) groups excluding carboxylic acids is 1. The van der Waals surface area contributed by atoms with Gasteiger partial charge < -0.3 is 14.7 Å². The zero-order chi connectivity index (χ0) is 28.0. The summed E-state index contributed by atoms with van der Waals surface area (Å²) in [5.41, 5.74) is 2.05. The van der Waals surface area contributed by atoms with Crippen LogP contribution < -0.4 is 9.46 Å². The van der Waals surface area contributed by atoms with Crippen LogP contribution in [0.25, 0.3) is 0 Å². The van der Waals surface area contributed by atoms with E-state index in [0.717, 1.165) is 5.56 Å². The lowest BCUT2D eigenvalue weighted by Crippen LogP contribution is -2.47. The van der Waals surface area contributed by atoms with E-state index >= 15 is 0 Å². The molecule has 2 heterocycles. The van der Waals surface area contributed by atoms with E-state index in [0.29, 0.717) is 36.6 Å². The number of rotatable bonds is 9. The Morgan fingerprint density at radius 3 is 2.56 bits per heavy atom. The molecule has 0 unspecified atom stereocenters. The quantitative estimate of drug-likeness (QED) is 0.419. The Labute approximate surface area is 230 Å². The standard InChI is InChI=1S/C29H36N4O5S/c1-21-17-33(22(2)20-34)29(35)16-24-15-25(31-39(36,37)26-7-5-4-6-8-26)9-10-27(24)38-28(21)19-32(3)18-23-11-13-30-14-12-23/h4-15,21-22,28,31,34H,16-20H2,1-3H3/t21-,22+,28+/m0/s1. The molecular weight excluding hydrogens is 516 g/mol. The number of pyridine rings is 1. The molecule has 4 rings (SSSR count). The number of carbonyl (C=O) groups is 1. The second-order valence-electron chi connectivity index (χ2n) is 10.2. The predicted octanol–water partition coefficient (Wildman–Crippen LogP) is 3.16. The van der Waals surface area contributed by atoms with Crippen molar-refractivity contribution in [2.24, 2.45) is 5.92 Å². The Morgan fingerprint density at radius 2 is 1.87 bits per heavy atom. The number of amides is 1. The number of aromatic nitrogens is 1. The van der Waals surface area contributed by atoms with Gasteiger partial charge in [-0.1, -0.05) is 25.1 Å². The molecule has 3 aromatic rings. The Bertz CT molecular complexity index is 1350. The van der Waals surface area contributed by atoms with Gasteiger partial charge in [-0.2, -0.15) is 0 Å². The van der Waals surface area contributed by atoms with Gasteiger partial charge in [0, 0.05) is 49.2 Å². The summed E-state index contributed by atoms with van der Waals surface area (Å²) in [5.74, 6) is 0.353. The lowest BCUT2D eigenvalue weighted by molar-refractivity contribution is -0.134. The minimum absolute atomic E-state index is 0.0207. The first-order chi connectivity index (χ1) is 18.7. The van der Waals surface area contributed by atoms with Crippen molar-refractivity contribution in [2.75, 3.05) is 31.5 Å². The molecule has 0 bridgehead atoms. The third-order valence-electron chi connectivity index (χ3n) is 6.92. The van der Waals surface area contributed by atoms with E-state index in [2.05, 4.69) is 14.6 Å². The van der Waals surface area contributed by atoms with Crippen LogP contribution in [0.3, 0.4) is 0 Å². The summed E-state index contributed by atoms with van der Waals surface area (Å²) in [5, 5.41) is 9.86. The fourth-order valence-corrected chi connectivity index (χ4v) is 5.77. The van der Waals surface area contributed by atoms with Crippen LogP contribution in [0.5, 0.6) is 5.75 Å². The van der Waals surface area contributed by atoms with Gasteiger partial charge in [-0.05, 0) is 62.0 Å². The third kappa shape index (κ3) is 7.35. The summed E-state index contributed by atoms with van der Waals surface area (Å²) in [7, 11) is -1.78. The predicted molar refractivity (Wildman–Crippen MR) is 150 cm³/mol. The van der Waals surface area contributed by atoms with Crippen molar-refractivity contribution in [3.8, 4) is 5.75 Å². The van der Waals surface area contributed by atoms with Gasteiger partial charge in [0.25, 0.3) is 10.0 Å². The molecule has 208 valence electrons. The highest BCUT2D eigenvalue weighted by atomic mass is 32.2. The van der Waals surface area contributed by atoms with Crippen molar-refractivity contribution in [2.45, 2.75) is 43.9 Å². The SMILES string of the molecule is C[C@H](CO)N1C[C@H](C)[C@@H](CN(C)Cc2ccncc2)Oc2ccc(NS(=O)(=O)c3ccccc3)cc2CC1=O. The van der Waals surface area contributed by atoms with Gasteiger partial charge in [0.15, 0.2) is 0 Å². The second-order valence-corrected chi connectivity index (χ2v) is 11.9. The zero-order valence-corrected chi connectivity index (χ0v) is 23.3. The first-order valence-electron chi connectivity index (χ1n) is 13.0. The van der Waals surface area contributed by atoms with E-state index in [-0.39, 0.29) is 41.9 Å². The summed E-state index contributed by atoms with van der Waals surface area (Å²) in [6, 6.07) is 16.7. The number of sulfonamides is 1. The van der Waals surface area contributed by atoms with Gasteiger partial charge >= 0.3 is 0 Å². The molecule has 0 saturated carbocycles. The molecule has 2 aromatic carbocycles. The molecule has 39 heavy (non-hydrogen) atoms. The average molecular weight is 553 g/mol. The number of aliphatic hydroxyl groups excluding tert-OH is 1. The normalized spacial score (nSPS) is 18.9. The zero-order valence-electron chi connectivity index (χ0n) is 22.5. The van der Waals surface area contributed by atoms with Gasteiger partial charge in [-0.3, -0.25) is 19.4 Å². The van der Waals surface area contributed by atoms with Crippen molar-refractivity contribution < 1.29 is 23.1 Å². The van der Waals surface area contributed by atoms with Crippen LogP contribution in [0, 0.1) is 5.92 Å². The molecule has 1 aliphatic rings. The van der Waals surface area contributed by atoms with Crippen LogP contribution in [0.4, 0.5) is 5.69 Å². The number of hydrogen-bond donors (Lipinski definition) is 2. The number of nitrogens with one attached hydrogen (secondary N) is 1. The average Bonchev–Trinajstić information content (AvgIpc) is 2.96. The highest BCUT2D eigenvalue weighted by Gasteiger charge is 2.31. The maximum Gasteiger partial charge on any atom is 0.261 e. The van der Waals surface area contributed by atoms with Crippen molar-refractivity contribution in [3.05, 3.63) is 84.2 Å². The highest BCUT2D eigenvalue weighted by Crippen LogP contribution is 2.30. The second kappa shape index (κ2) is 12.6. The van der Waals surface area contributed by atoms with Crippen LogP contribution in [0.1, 0.15) is 25.0 Å². The molecule has 1 amide bonds. The molecule has 2 N–H and O–H groups in total. The van der Waals surface area contributed by atoms with E-state index in [4.69, 9.17) is 4.74 Å². The number of hydrogen-bond acceptors (Lipinski definition) is 7. The fourth-order valence-electron chi connectivity index (χ4n) is 4.70. The van der Waals surface area contributed by atoms with Crippen molar-refractivity contribution in [3.63, 3.8) is 0 Å². The molecule has 0 spiro atoms. The van der Waals surface area contributed by atoms with Crippen LogP contribution in [-0.4, -0.2) is 73.1 Å². The number of fused-ring (bicyclic) bond motifs is 1. The summed E-state index contributed by atoms with van der Waals surface area (Å²) < 4.78 is 35.0. The van der Waals surface area contributed by atoms with Gasteiger partial charge in [-0.15, -0.1) is 0 Å². The largest absolute Gasteiger partial charge is 0.488 e. The molecule has 0 radical (unpaired) electrons. The number of benzene rings is 2. The summed E-state index contributed by atoms with van der Waals surface area (Å²) in [4.78, 5) is 21.5. The van der Waals surface area contributed by atoms with E-state index < -0.39 is 10.0 Å². The van der Waals surface area contributed by atoms with E-state index in [9.17, 15) is 18.3 Å². The van der Waals surface area contributed by atoms with Crippen LogP contribution >= 0.6 is 0 Å². The molecule has 10 heteroatoms. The monoisotopic (exact) mass is 552 g/mol. The minimum atomic E-state index is -3.80. The Kier molecular flexibility index (Phi) is 9.21.